The van der Waals surface area contributed by atoms with Crippen molar-refractivity contribution < 1.29 is 9.53 Å². The summed E-state index contributed by atoms with van der Waals surface area (Å²) >= 11 is 0. The van der Waals surface area contributed by atoms with Crippen LogP contribution in [-0.2, 0) is 11.3 Å². The van der Waals surface area contributed by atoms with Crippen molar-refractivity contribution in [1.82, 2.24) is 24.7 Å². The second-order valence-electron chi connectivity index (χ2n) is 6.99. The van der Waals surface area contributed by atoms with Crippen LogP contribution in [-0.4, -0.2) is 30.7 Å². The normalized spacial score (nSPS) is 11.0. The minimum Gasteiger partial charge on any atom is -0.426 e. The molecular weight excluding hydrogens is 392 g/mol. The highest BCUT2D eigenvalue weighted by Crippen LogP contribution is 2.32. The van der Waals surface area contributed by atoms with Crippen molar-refractivity contribution in [3.8, 4) is 5.75 Å². The molecule has 8 nitrogen and oxygen atoms in total. The summed E-state index contributed by atoms with van der Waals surface area (Å²) in [5, 5.41) is 9.45. The first-order valence-corrected chi connectivity index (χ1v) is 9.72. The minimum absolute atomic E-state index is 0.399. The van der Waals surface area contributed by atoms with Crippen molar-refractivity contribution in [2.24, 2.45) is 0 Å². The fraction of sp³-hybridized carbons (Fsp3) is 0.0870. The third-order valence-electron chi connectivity index (χ3n) is 4.82. The molecule has 0 atom stereocenters. The first-order chi connectivity index (χ1) is 15.2. The summed E-state index contributed by atoms with van der Waals surface area (Å²) in [4.78, 5) is 24.5. The number of rotatable bonds is 5. The number of carbonyl (C=O) groups is 1. The number of pyridine rings is 1. The van der Waals surface area contributed by atoms with Crippen LogP contribution in [0.2, 0.25) is 0 Å². The number of hydrogen-bond donors (Lipinski definition) is 1. The molecule has 0 aliphatic rings. The van der Waals surface area contributed by atoms with E-state index in [1.54, 1.807) is 18.3 Å². The van der Waals surface area contributed by atoms with E-state index >= 15 is 0 Å². The van der Waals surface area contributed by atoms with E-state index in [0.29, 0.717) is 29.0 Å². The number of carbonyl (C=O) groups excluding carboxylic acids is 1. The highest BCUT2D eigenvalue weighted by Gasteiger charge is 2.13. The summed E-state index contributed by atoms with van der Waals surface area (Å²) in [6.45, 7) is 1.96. The molecule has 0 amide bonds. The van der Waals surface area contributed by atoms with Crippen molar-refractivity contribution in [3.05, 3.63) is 79.0 Å². The third kappa shape index (κ3) is 3.78. The Morgan fingerprint density at radius 2 is 2.00 bits per heavy atom. The lowest BCUT2D eigenvalue weighted by Gasteiger charge is -2.12. The highest BCUT2D eigenvalue weighted by molar-refractivity contribution is 5.97. The van der Waals surface area contributed by atoms with E-state index < -0.39 is 5.97 Å². The maximum Gasteiger partial charge on any atom is 0.308 e. The molecule has 3 aromatic heterocycles. The van der Waals surface area contributed by atoms with E-state index in [-0.39, 0.29) is 0 Å². The van der Waals surface area contributed by atoms with Gasteiger partial charge in [-0.2, -0.15) is 5.10 Å². The number of anilines is 2. The van der Waals surface area contributed by atoms with E-state index in [0.717, 1.165) is 22.3 Å². The molecule has 0 aliphatic carbocycles. The Hall–Kier alpha value is -4.33. The van der Waals surface area contributed by atoms with Gasteiger partial charge in [-0.05, 0) is 42.5 Å². The number of esters is 1. The third-order valence-corrected chi connectivity index (χ3v) is 4.82. The molecule has 0 spiro atoms. The molecule has 0 unspecified atom stereocenters. The summed E-state index contributed by atoms with van der Waals surface area (Å²) in [7, 11) is 0. The van der Waals surface area contributed by atoms with Crippen LogP contribution in [0, 0.1) is 0 Å². The van der Waals surface area contributed by atoms with Gasteiger partial charge in [0.15, 0.2) is 0 Å². The Morgan fingerprint density at radius 1 is 1.06 bits per heavy atom. The minimum atomic E-state index is -0.399. The van der Waals surface area contributed by atoms with Gasteiger partial charge in [0.05, 0.1) is 34.9 Å². The van der Waals surface area contributed by atoms with Crippen LogP contribution >= 0.6 is 0 Å². The second kappa shape index (κ2) is 7.83. The molecule has 0 bridgehead atoms. The number of benzene rings is 2. The molecule has 5 rings (SSSR count). The van der Waals surface area contributed by atoms with E-state index in [1.807, 2.05) is 53.3 Å². The molecular formula is C23H18N6O2. The molecule has 2 aromatic carbocycles. The van der Waals surface area contributed by atoms with Crippen LogP contribution in [0.1, 0.15) is 12.6 Å². The van der Waals surface area contributed by atoms with Crippen molar-refractivity contribution in [3.63, 3.8) is 0 Å². The zero-order valence-corrected chi connectivity index (χ0v) is 16.7. The van der Waals surface area contributed by atoms with Crippen LogP contribution in [0.15, 0.2) is 73.3 Å². The first-order valence-electron chi connectivity index (χ1n) is 9.72. The van der Waals surface area contributed by atoms with Crippen molar-refractivity contribution >= 4 is 39.3 Å². The van der Waals surface area contributed by atoms with Gasteiger partial charge in [-0.1, -0.05) is 12.1 Å². The summed E-state index contributed by atoms with van der Waals surface area (Å²) in [6, 6.07) is 17.2. The Bertz CT molecular complexity index is 1390. The molecule has 0 saturated heterocycles. The van der Waals surface area contributed by atoms with Gasteiger partial charge in [-0.15, -0.1) is 0 Å². The van der Waals surface area contributed by atoms with Crippen LogP contribution in [0.3, 0.4) is 0 Å². The van der Waals surface area contributed by atoms with Gasteiger partial charge in [0.1, 0.15) is 17.9 Å². The summed E-state index contributed by atoms with van der Waals surface area (Å²) in [5.74, 6) is 0.573. The predicted molar refractivity (Wildman–Crippen MR) is 117 cm³/mol. The standard InChI is InChI=1S/C23H18N6O2/c1-15(30)31-21-7-4-6-19-22(21)23(26-14-25-19)28-17-8-9-20-16(11-17)12-27-29(20)13-18-5-2-3-10-24-18/h2-12,14H,13H2,1H3,(H,25,26,28). The molecule has 0 aliphatic heterocycles. The highest BCUT2D eigenvalue weighted by atomic mass is 16.5. The fourth-order valence-corrected chi connectivity index (χ4v) is 3.49. The number of hydrogen-bond acceptors (Lipinski definition) is 7. The molecule has 0 fully saturated rings. The van der Waals surface area contributed by atoms with Gasteiger partial charge >= 0.3 is 5.97 Å². The van der Waals surface area contributed by atoms with Crippen LogP contribution in [0.5, 0.6) is 5.75 Å². The lowest BCUT2D eigenvalue weighted by Crippen LogP contribution is -2.04. The van der Waals surface area contributed by atoms with Gasteiger partial charge in [0.2, 0.25) is 0 Å². The average molecular weight is 410 g/mol. The summed E-state index contributed by atoms with van der Waals surface area (Å²) in [6.07, 6.45) is 5.08. The van der Waals surface area contributed by atoms with Gasteiger partial charge in [0, 0.05) is 24.2 Å². The molecule has 8 heteroatoms. The first kappa shape index (κ1) is 18.7. The zero-order valence-electron chi connectivity index (χ0n) is 16.7. The lowest BCUT2D eigenvalue weighted by molar-refractivity contribution is -0.131. The maximum atomic E-state index is 11.5. The van der Waals surface area contributed by atoms with E-state index in [2.05, 4.69) is 25.4 Å². The Morgan fingerprint density at radius 3 is 2.84 bits per heavy atom. The quantitative estimate of drug-likeness (QED) is 0.344. The molecule has 0 saturated carbocycles. The maximum absolute atomic E-state index is 11.5. The van der Waals surface area contributed by atoms with E-state index in [1.165, 1.54) is 13.3 Å². The fourth-order valence-electron chi connectivity index (χ4n) is 3.49. The number of fused-ring (bicyclic) bond motifs is 2. The monoisotopic (exact) mass is 410 g/mol. The molecule has 31 heavy (non-hydrogen) atoms. The Balaban J connectivity index is 1.48. The van der Waals surface area contributed by atoms with Crippen molar-refractivity contribution in [2.75, 3.05) is 5.32 Å². The van der Waals surface area contributed by atoms with Gasteiger partial charge in [0.25, 0.3) is 0 Å². The van der Waals surface area contributed by atoms with Gasteiger partial charge < -0.3 is 10.1 Å². The molecule has 0 radical (unpaired) electrons. The Labute approximate surface area is 177 Å². The molecule has 152 valence electrons. The van der Waals surface area contributed by atoms with Crippen LogP contribution in [0.4, 0.5) is 11.5 Å². The lowest BCUT2D eigenvalue weighted by atomic mass is 10.2. The number of ether oxygens (including phenoxy) is 1. The van der Waals surface area contributed by atoms with Crippen molar-refractivity contribution in [1.29, 1.82) is 0 Å². The average Bonchev–Trinajstić information content (AvgIpc) is 3.16. The predicted octanol–water partition coefficient (Wildman–Crippen LogP) is 4.09. The number of nitrogens with one attached hydrogen (secondary N) is 1. The van der Waals surface area contributed by atoms with E-state index in [4.69, 9.17) is 4.74 Å². The SMILES string of the molecule is CC(=O)Oc1cccc2ncnc(Nc3ccc4c(cnn4Cc4ccccn4)c3)c12. The number of aromatic nitrogens is 5. The van der Waals surface area contributed by atoms with Crippen LogP contribution < -0.4 is 10.1 Å². The summed E-state index contributed by atoms with van der Waals surface area (Å²) < 4.78 is 7.27. The Kier molecular flexibility index (Phi) is 4.72. The van der Waals surface area contributed by atoms with Gasteiger partial charge in [-0.25, -0.2) is 9.97 Å². The molecule has 1 N–H and O–H groups in total. The van der Waals surface area contributed by atoms with Gasteiger partial charge in [-0.3, -0.25) is 14.5 Å². The topological polar surface area (TPSA) is 94.8 Å². The smallest absolute Gasteiger partial charge is 0.308 e. The second-order valence-corrected chi connectivity index (χ2v) is 6.99. The number of nitrogens with zero attached hydrogens (tertiary/aromatic N) is 5. The molecule has 3 heterocycles. The molecule has 5 aromatic rings. The van der Waals surface area contributed by atoms with Crippen molar-refractivity contribution in [2.45, 2.75) is 13.5 Å². The van der Waals surface area contributed by atoms with Crippen LogP contribution in [0.25, 0.3) is 21.8 Å². The zero-order chi connectivity index (χ0) is 21.2. The van der Waals surface area contributed by atoms with E-state index in [9.17, 15) is 4.79 Å². The summed E-state index contributed by atoms with van der Waals surface area (Å²) in [5.41, 5.74) is 3.47. The largest absolute Gasteiger partial charge is 0.426 e.